The minimum Gasteiger partial charge on any atom is -0.330 e. The monoisotopic (exact) mass is 194 g/mol. The van der Waals surface area contributed by atoms with Gasteiger partial charge in [0.25, 0.3) is 0 Å². The van der Waals surface area contributed by atoms with Crippen molar-refractivity contribution in [3.63, 3.8) is 0 Å². The summed E-state index contributed by atoms with van der Waals surface area (Å²) in [5.74, 6) is 2.34. The highest BCUT2D eigenvalue weighted by molar-refractivity contribution is 7.98. The van der Waals surface area contributed by atoms with Crippen LogP contribution in [0.2, 0.25) is 0 Å². The third-order valence-corrected chi connectivity index (χ3v) is 3.30. The fraction of sp³-hybridized carbons (Fsp3) is 0.500. The van der Waals surface area contributed by atoms with Crippen LogP contribution in [-0.4, -0.2) is 17.3 Å². The Bertz CT molecular complexity index is 299. The molecule has 2 rings (SSSR count). The number of aromatic nitrogens is 1. The Morgan fingerprint density at radius 2 is 2.46 bits per heavy atom. The van der Waals surface area contributed by atoms with Gasteiger partial charge < -0.3 is 5.73 Å². The number of thioether (sulfide) groups is 1. The van der Waals surface area contributed by atoms with Crippen molar-refractivity contribution in [1.29, 1.82) is 0 Å². The summed E-state index contributed by atoms with van der Waals surface area (Å²) in [5.41, 5.74) is 9.49. The molecule has 0 fully saturated rings. The predicted octanol–water partition coefficient (Wildman–Crippen LogP) is 1.37. The first-order chi connectivity index (χ1) is 6.40. The minimum atomic E-state index is 0.716. The maximum Gasteiger partial charge on any atom is 0.0452 e. The van der Waals surface area contributed by atoms with Crippen molar-refractivity contribution in [2.24, 2.45) is 5.73 Å². The van der Waals surface area contributed by atoms with Gasteiger partial charge in [0.2, 0.25) is 0 Å². The summed E-state index contributed by atoms with van der Waals surface area (Å²) in [4.78, 5) is 4.47. The van der Waals surface area contributed by atoms with E-state index in [1.54, 1.807) is 0 Å². The maximum absolute atomic E-state index is 5.50. The number of hydrogen-bond acceptors (Lipinski definition) is 3. The fourth-order valence-electron chi connectivity index (χ4n) is 1.59. The molecule has 0 saturated carbocycles. The average Bonchev–Trinajstić information content (AvgIpc) is 2.18. The smallest absolute Gasteiger partial charge is 0.0452 e. The molecule has 0 aliphatic carbocycles. The van der Waals surface area contributed by atoms with Crippen molar-refractivity contribution >= 4 is 11.8 Å². The van der Waals surface area contributed by atoms with E-state index < -0.39 is 0 Å². The van der Waals surface area contributed by atoms with Crippen LogP contribution in [0.4, 0.5) is 0 Å². The van der Waals surface area contributed by atoms with Crippen LogP contribution in [0, 0.1) is 0 Å². The van der Waals surface area contributed by atoms with Crippen molar-refractivity contribution in [3.05, 3.63) is 29.1 Å². The van der Waals surface area contributed by atoms with Gasteiger partial charge in [0.15, 0.2) is 0 Å². The van der Waals surface area contributed by atoms with Crippen LogP contribution in [-0.2, 0) is 18.6 Å². The lowest BCUT2D eigenvalue weighted by Gasteiger charge is -2.14. The van der Waals surface area contributed by atoms with E-state index in [-0.39, 0.29) is 0 Å². The van der Waals surface area contributed by atoms with Gasteiger partial charge in [-0.3, -0.25) is 4.98 Å². The van der Waals surface area contributed by atoms with Crippen LogP contribution in [0.15, 0.2) is 12.3 Å². The largest absolute Gasteiger partial charge is 0.330 e. The third-order valence-electron chi connectivity index (χ3n) is 2.29. The zero-order valence-corrected chi connectivity index (χ0v) is 8.44. The Kier molecular flexibility index (Phi) is 2.86. The molecular formula is C10H14N2S. The number of hydrogen-bond donors (Lipinski definition) is 1. The Balaban J connectivity index is 2.24. The van der Waals surface area contributed by atoms with Gasteiger partial charge in [-0.2, -0.15) is 11.8 Å². The standard InChI is InChI=1S/C10H14N2S/c11-3-1-8-5-9-7-13-4-2-10(9)12-6-8/h5-6H,1-4,7,11H2. The number of rotatable bonds is 2. The fourth-order valence-corrected chi connectivity index (χ4v) is 2.54. The average molecular weight is 194 g/mol. The van der Waals surface area contributed by atoms with E-state index in [0.29, 0.717) is 6.54 Å². The predicted molar refractivity (Wildman–Crippen MR) is 56.9 cm³/mol. The Labute approximate surface area is 82.9 Å². The molecule has 1 aromatic rings. The summed E-state index contributed by atoms with van der Waals surface area (Å²) in [6.45, 7) is 0.716. The second-order valence-electron chi connectivity index (χ2n) is 3.29. The molecule has 0 spiro atoms. The lowest BCUT2D eigenvalue weighted by atomic mass is 10.1. The van der Waals surface area contributed by atoms with Crippen molar-refractivity contribution in [2.75, 3.05) is 12.3 Å². The molecule has 0 atom stereocenters. The highest BCUT2D eigenvalue weighted by Gasteiger charge is 2.10. The topological polar surface area (TPSA) is 38.9 Å². The second kappa shape index (κ2) is 4.11. The van der Waals surface area contributed by atoms with Gasteiger partial charge in [0.1, 0.15) is 0 Å². The maximum atomic E-state index is 5.50. The molecular weight excluding hydrogens is 180 g/mol. The number of nitrogens with zero attached hydrogens (tertiary/aromatic N) is 1. The van der Waals surface area contributed by atoms with Gasteiger partial charge in [-0.25, -0.2) is 0 Å². The molecule has 0 unspecified atom stereocenters. The molecule has 1 aromatic heterocycles. The van der Waals surface area contributed by atoms with E-state index >= 15 is 0 Å². The van der Waals surface area contributed by atoms with Gasteiger partial charge in [0, 0.05) is 17.6 Å². The van der Waals surface area contributed by atoms with Gasteiger partial charge in [0.05, 0.1) is 0 Å². The van der Waals surface area contributed by atoms with Crippen molar-refractivity contribution < 1.29 is 0 Å². The molecule has 2 nitrogen and oxygen atoms in total. The Hall–Kier alpha value is -0.540. The minimum absolute atomic E-state index is 0.716. The summed E-state index contributed by atoms with van der Waals surface area (Å²) in [5, 5.41) is 0. The van der Waals surface area contributed by atoms with E-state index in [0.717, 1.165) is 18.6 Å². The molecule has 0 bridgehead atoms. The van der Waals surface area contributed by atoms with E-state index in [1.165, 1.54) is 22.6 Å². The van der Waals surface area contributed by atoms with E-state index in [4.69, 9.17) is 5.73 Å². The molecule has 0 saturated heterocycles. The van der Waals surface area contributed by atoms with Crippen LogP contribution in [0.5, 0.6) is 0 Å². The van der Waals surface area contributed by atoms with Crippen LogP contribution in [0.1, 0.15) is 16.8 Å². The highest BCUT2D eigenvalue weighted by atomic mass is 32.2. The Morgan fingerprint density at radius 3 is 3.31 bits per heavy atom. The molecule has 70 valence electrons. The number of pyridine rings is 1. The lowest BCUT2D eigenvalue weighted by molar-refractivity contribution is 0.924. The van der Waals surface area contributed by atoms with Crippen molar-refractivity contribution in [1.82, 2.24) is 4.98 Å². The quantitative estimate of drug-likeness (QED) is 0.773. The lowest BCUT2D eigenvalue weighted by Crippen LogP contribution is -2.08. The summed E-state index contributed by atoms with van der Waals surface area (Å²) in [6, 6.07) is 2.27. The molecule has 1 aliphatic heterocycles. The first-order valence-electron chi connectivity index (χ1n) is 4.64. The van der Waals surface area contributed by atoms with Crippen molar-refractivity contribution in [2.45, 2.75) is 18.6 Å². The second-order valence-corrected chi connectivity index (χ2v) is 4.40. The summed E-state index contributed by atoms with van der Waals surface area (Å²) in [7, 11) is 0. The third kappa shape index (κ3) is 2.03. The Morgan fingerprint density at radius 1 is 1.54 bits per heavy atom. The van der Waals surface area contributed by atoms with Crippen molar-refractivity contribution in [3.8, 4) is 0 Å². The molecule has 0 amide bonds. The highest BCUT2D eigenvalue weighted by Crippen LogP contribution is 2.23. The number of nitrogens with two attached hydrogens (primary N) is 1. The molecule has 0 radical (unpaired) electrons. The molecule has 13 heavy (non-hydrogen) atoms. The normalized spacial score (nSPS) is 15.5. The summed E-state index contributed by atoms with van der Waals surface area (Å²) < 4.78 is 0. The van der Waals surface area contributed by atoms with E-state index in [9.17, 15) is 0 Å². The van der Waals surface area contributed by atoms with E-state index in [1.807, 2.05) is 18.0 Å². The molecule has 1 aliphatic rings. The van der Waals surface area contributed by atoms with Crippen LogP contribution in [0.3, 0.4) is 0 Å². The van der Waals surface area contributed by atoms with Crippen LogP contribution < -0.4 is 5.73 Å². The molecule has 3 heteroatoms. The summed E-state index contributed by atoms with van der Waals surface area (Å²) >= 11 is 1.99. The zero-order chi connectivity index (χ0) is 9.10. The van der Waals surface area contributed by atoms with E-state index in [2.05, 4.69) is 11.1 Å². The van der Waals surface area contributed by atoms with Gasteiger partial charge >= 0.3 is 0 Å². The van der Waals surface area contributed by atoms with Gasteiger partial charge in [-0.1, -0.05) is 6.07 Å². The molecule has 2 heterocycles. The van der Waals surface area contributed by atoms with Gasteiger partial charge in [-0.15, -0.1) is 0 Å². The SMILES string of the molecule is NCCc1cnc2c(c1)CSCC2. The van der Waals surface area contributed by atoms with Crippen LogP contribution in [0.25, 0.3) is 0 Å². The zero-order valence-electron chi connectivity index (χ0n) is 7.62. The first kappa shape index (κ1) is 9.03. The molecule has 0 aromatic carbocycles. The number of fused-ring (bicyclic) bond motifs is 1. The molecule has 2 N–H and O–H groups in total. The first-order valence-corrected chi connectivity index (χ1v) is 5.80. The number of aryl methyl sites for hydroxylation is 1. The van der Waals surface area contributed by atoms with Crippen LogP contribution >= 0.6 is 11.8 Å². The summed E-state index contributed by atoms with van der Waals surface area (Å²) in [6.07, 6.45) is 4.05. The van der Waals surface area contributed by atoms with Gasteiger partial charge in [-0.05, 0) is 36.3 Å².